The highest BCUT2D eigenvalue weighted by molar-refractivity contribution is 5.52. The van der Waals surface area contributed by atoms with Crippen molar-refractivity contribution in [2.75, 3.05) is 0 Å². The van der Waals surface area contributed by atoms with Gasteiger partial charge in [-0.3, -0.25) is 5.10 Å². The molecule has 2 rings (SSSR count). The molecule has 0 bridgehead atoms. The summed E-state index contributed by atoms with van der Waals surface area (Å²) in [4.78, 5) is 0. The Balaban J connectivity index is 2.36. The van der Waals surface area contributed by atoms with Gasteiger partial charge in [-0.25, -0.2) is 0 Å². The summed E-state index contributed by atoms with van der Waals surface area (Å²) in [6.45, 7) is 4.53. The van der Waals surface area contributed by atoms with E-state index in [1.54, 1.807) is 0 Å². The molecule has 0 saturated heterocycles. The fourth-order valence-corrected chi connectivity index (χ4v) is 1.51. The summed E-state index contributed by atoms with van der Waals surface area (Å²) < 4.78 is 0. The second-order valence-electron chi connectivity index (χ2n) is 4.13. The number of hydrogen-bond donors (Lipinski definition) is 1. The average molecular weight is 162 g/mol. The zero-order chi connectivity index (χ0) is 8.60. The molecule has 2 nitrogen and oxygen atoms in total. The highest BCUT2D eigenvalue weighted by Gasteiger charge is 2.18. The molecule has 0 unspecified atom stereocenters. The number of rotatable bonds is 0. The minimum Gasteiger partial charge on any atom is -0.282 e. The Hall–Kier alpha value is -1.05. The highest BCUT2D eigenvalue weighted by Crippen LogP contribution is 2.29. The molecular formula is C10H14N2. The van der Waals surface area contributed by atoms with E-state index >= 15 is 0 Å². The van der Waals surface area contributed by atoms with Crippen molar-refractivity contribution in [1.82, 2.24) is 10.2 Å². The molecule has 64 valence electrons. The third-order valence-corrected chi connectivity index (χ3v) is 2.49. The first-order valence-corrected chi connectivity index (χ1v) is 4.39. The number of fused-ring (bicyclic) bond motifs is 1. The maximum Gasteiger partial charge on any atom is 0.0562 e. The van der Waals surface area contributed by atoms with E-state index in [9.17, 15) is 0 Å². The predicted octanol–water partition coefficient (Wildman–Crippen LogP) is 2.40. The molecule has 12 heavy (non-hydrogen) atoms. The van der Waals surface area contributed by atoms with Crippen molar-refractivity contribution in [3.8, 4) is 0 Å². The number of aromatic amines is 1. The second-order valence-corrected chi connectivity index (χ2v) is 4.13. The van der Waals surface area contributed by atoms with Gasteiger partial charge in [-0.1, -0.05) is 26.0 Å². The summed E-state index contributed by atoms with van der Waals surface area (Å²) in [5, 5.41) is 7.05. The van der Waals surface area contributed by atoms with E-state index in [1.165, 1.54) is 17.7 Å². The number of hydrogen-bond acceptors (Lipinski definition) is 1. The van der Waals surface area contributed by atoms with E-state index in [0.29, 0.717) is 5.41 Å². The first kappa shape index (κ1) is 7.59. The summed E-state index contributed by atoms with van der Waals surface area (Å²) in [6.07, 6.45) is 8.64. The Labute approximate surface area is 72.7 Å². The maximum absolute atomic E-state index is 4.02. The molecule has 1 aromatic heterocycles. The van der Waals surface area contributed by atoms with Crippen LogP contribution in [0, 0.1) is 5.41 Å². The quantitative estimate of drug-likeness (QED) is 0.623. The Morgan fingerprint density at radius 1 is 1.50 bits per heavy atom. The normalized spacial score (nSPS) is 20.2. The highest BCUT2D eigenvalue weighted by atomic mass is 15.1. The lowest BCUT2D eigenvalue weighted by molar-refractivity contribution is 0.440. The van der Waals surface area contributed by atoms with Crippen LogP contribution in [0.25, 0.3) is 6.08 Å². The van der Waals surface area contributed by atoms with Gasteiger partial charge in [0.15, 0.2) is 0 Å². The first-order chi connectivity index (χ1) is 5.67. The molecule has 1 aliphatic carbocycles. The van der Waals surface area contributed by atoms with Gasteiger partial charge >= 0.3 is 0 Å². The summed E-state index contributed by atoms with van der Waals surface area (Å²) in [6, 6.07) is 0. The molecule has 1 aliphatic rings. The summed E-state index contributed by atoms with van der Waals surface area (Å²) in [7, 11) is 0. The molecule has 0 aromatic carbocycles. The predicted molar refractivity (Wildman–Crippen MR) is 49.7 cm³/mol. The van der Waals surface area contributed by atoms with E-state index in [4.69, 9.17) is 0 Å². The van der Waals surface area contributed by atoms with Gasteiger partial charge in [0.25, 0.3) is 0 Å². The lowest BCUT2D eigenvalue weighted by Crippen LogP contribution is -2.07. The lowest BCUT2D eigenvalue weighted by Gasteiger charge is -2.17. The Morgan fingerprint density at radius 2 is 2.33 bits per heavy atom. The van der Waals surface area contributed by atoms with Gasteiger partial charge in [-0.15, -0.1) is 0 Å². The van der Waals surface area contributed by atoms with Crippen LogP contribution in [-0.2, 0) is 6.42 Å². The Morgan fingerprint density at radius 3 is 3.17 bits per heavy atom. The minimum absolute atomic E-state index is 0.333. The van der Waals surface area contributed by atoms with Crippen molar-refractivity contribution >= 4 is 6.08 Å². The van der Waals surface area contributed by atoms with Crippen molar-refractivity contribution in [2.45, 2.75) is 26.7 Å². The van der Waals surface area contributed by atoms with Crippen molar-refractivity contribution < 1.29 is 0 Å². The third kappa shape index (κ3) is 1.29. The molecule has 0 spiro atoms. The molecule has 0 radical (unpaired) electrons. The van der Waals surface area contributed by atoms with Crippen LogP contribution >= 0.6 is 0 Å². The fourth-order valence-electron chi connectivity index (χ4n) is 1.51. The summed E-state index contributed by atoms with van der Waals surface area (Å²) in [5.41, 5.74) is 2.86. The topological polar surface area (TPSA) is 28.7 Å². The van der Waals surface area contributed by atoms with E-state index in [1.807, 2.05) is 6.20 Å². The molecule has 1 N–H and O–H groups in total. The maximum atomic E-state index is 4.02. The van der Waals surface area contributed by atoms with Gasteiger partial charge in [-0.05, 0) is 18.3 Å². The molecule has 0 saturated carbocycles. The third-order valence-electron chi connectivity index (χ3n) is 2.49. The number of allylic oxidation sites excluding steroid dienone is 1. The molecule has 1 aromatic rings. The van der Waals surface area contributed by atoms with E-state index in [2.05, 4.69) is 36.2 Å². The lowest BCUT2D eigenvalue weighted by atomic mass is 9.88. The summed E-state index contributed by atoms with van der Waals surface area (Å²) >= 11 is 0. The van der Waals surface area contributed by atoms with Gasteiger partial charge in [0.1, 0.15) is 0 Å². The van der Waals surface area contributed by atoms with Crippen LogP contribution in [-0.4, -0.2) is 10.2 Å². The standard InChI is InChI=1S/C10H14N2/c1-10(2)5-3-8-7-11-12-9(8)4-6-10/h3,5,7H,4,6H2,1-2H3,(H,11,12). The average Bonchev–Trinajstić information content (AvgIpc) is 2.40. The van der Waals surface area contributed by atoms with Crippen LogP contribution in [0.4, 0.5) is 0 Å². The SMILES string of the molecule is CC1(C)C=Cc2cn[nH]c2CC1. The van der Waals surface area contributed by atoms with Crippen LogP contribution in [0.15, 0.2) is 12.3 Å². The number of nitrogens with zero attached hydrogens (tertiary/aromatic N) is 1. The molecular weight excluding hydrogens is 148 g/mol. The molecule has 0 aliphatic heterocycles. The molecule has 2 heteroatoms. The number of nitrogens with one attached hydrogen (secondary N) is 1. The number of H-pyrrole nitrogens is 1. The van der Waals surface area contributed by atoms with Crippen molar-refractivity contribution in [2.24, 2.45) is 5.41 Å². The van der Waals surface area contributed by atoms with Crippen LogP contribution in [0.2, 0.25) is 0 Å². The summed E-state index contributed by atoms with van der Waals surface area (Å²) in [5.74, 6) is 0. The number of aromatic nitrogens is 2. The van der Waals surface area contributed by atoms with Gasteiger partial charge in [0.2, 0.25) is 0 Å². The largest absolute Gasteiger partial charge is 0.282 e. The molecule has 0 fully saturated rings. The van der Waals surface area contributed by atoms with Crippen molar-refractivity contribution in [1.29, 1.82) is 0 Å². The van der Waals surface area contributed by atoms with E-state index in [0.717, 1.165) is 6.42 Å². The van der Waals surface area contributed by atoms with Gasteiger partial charge < -0.3 is 0 Å². The van der Waals surface area contributed by atoms with Gasteiger partial charge in [0.05, 0.1) is 6.20 Å². The van der Waals surface area contributed by atoms with E-state index < -0.39 is 0 Å². The second kappa shape index (κ2) is 2.47. The van der Waals surface area contributed by atoms with Gasteiger partial charge in [0, 0.05) is 11.3 Å². The Kier molecular flexibility index (Phi) is 1.56. The monoisotopic (exact) mass is 162 g/mol. The molecule has 0 atom stereocenters. The van der Waals surface area contributed by atoms with Crippen LogP contribution in [0.3, 0.4) is 0 Å². The fraction of sp³-hybridized carbons (Fsp3) is 0.500. The smallest absolute Gasteiger partial charge is 0.0562 e. The molecule has 0 amide bonds. The van der Waals surface area contributed by atoms with Crippen LogP contribution in [0.1, 0.15) is 31.5 Å². The Bertz CT molecular complexity index is 307. The first-order valence-electron chi connectivity index (χ1n) is 4.39. The van der Waals surface area contributed by atoms with E-state index in [-0.39, 0.29) is 0 Å². The zero-order valence-corrected chi connectivity index (χ0v) is 7.59. The van der Waals surface area contributed by atoms with Crippen LogP contribution < -0.4 is 0 Å². The van der Waals surface area contributed by atoms with Crippen molar-refractivity contribution in [3.05, 3.63) is 23.5 Å². The van der Waals surface area contributed by atoms with Crippen LogP contribution in [0.5, 0.6) is 0 Å². The minimum atomic E-state index is 0.333. The zero-order valence-electron chi connectivity index (χ0n) is 7.59. The van der Waals surface area contributed by atoms with Crippen molar-refractivity contribution in [3.63, 3.8) is 0 Å². The van der Waals surface area contributed by atoms with Gasteiger partial charge in [-0.2, -0.15) is 5.10 Å². The molecule has 1 heterocycles. The number of aryl methyl sites for hydroxylation is 1.